The first-order chi connectivity index (χ1) is 8.31. The Labute approximate surface area is 102 Å². The van der Waals surface area contributed by atoms with E-state index in [9.17, 15) is 4.79 Å². The van der Waals surface area contributed by atoms with Crippen molar-refractivity contribution in [1.82, 2.24) is 0 Å². The summed E-state index contributed by atoms with van der Waals surface area (Å²) >= 11 is 0. The van der Waals surface area contributed by atoms with Gasteiger partial charge in [-0.2, -0.15) is 0 Å². The van der Waals surface area contributed by atoms with Gasteiger partial charge in [0.25, 0.3) is 0 Å². The molecule has 92 valence electrons. The SMILES string of the molecule is NCCC(=O)c1cccc(C2CCOCC2)c1. The summed E-state index contributed by atoms with van der Waals surface area (Å²) in [5.41, 5.74) is 7.46. The minimum atomic E-state index is 0.140. The summed E-state index contributed by atoms with van der Waals surface area (Å²) in [7, 11) is 0. The molecule has 3 nitrogen and oxygen atoms in total. The molecule has 0 saturated carbocycles. The van der Waals surface area contributed by atoms with Gasteiger partial charge in [-0.15, -0.1) is 0 Å². The zero-order valence-electron chi connectivity index (χ0n) is 10.0. The van der Waals surface area contributed by atoms with Gasteiger partial charge in [-0.3, -0.25) is 4.79 Å². The lowest BCUT2D eigenvalue weighted by Crippen LogP contribution is -2.15. The minimum Gasteiger partial charge on any atom is -0.381 e. The Hall–Kier alpha value is -1.19. The Kier molecular flexibility index (Phi) is 4.29. The van der Waals surface area contributed by atoms with Crippen molar-refractivity contribution in [3.8, 4) is 0 Å². The van der Waals surface area contributed by atoms with E-state index >= 15 is 0 Å². The van der Waals surface area contributed by atoms with Crippen LogP contribution in [-0.2, 0) is 4.74 Å². The van der Waals surface area contributed by atoms with Gasteiger partial charge in [-0.1, -0.05) is 18.2 Å². The molecule has 0 radical (unpaired) electrons. The summed E-state index contributed by atoms with van der Waals surface area (Å²) in [5, 5.41) is 0. The van der Waals surface area contributed by atoms with Crippen LogP contribution in [0.5, 0.6) is 0 Å². The predicted octanol–water partition coefficient (Wildman–Crippen LogP) is 2.11. The number of hydrogen-bond acceptors (Lipinski definition) is 3. The van der Waals surface area contributed by atoms with Crippen molar-refractivity contribution in [3.63, 3.8) is 0 Å². The van der Waals surface area contributed by atoms with Crippen molar-refractivity contribution in [2.75, 3.05) is 19.8 Å². The van der Waals surface area contributed by atoms with Gasteiger partial charge < -0.3 is 10.5 Å². The molecule has 0 bridgehead atoms. The third-order valence-electron chi connectivity index (χ3n) is 3.27. The third-order valence-corrected chi connectivity index (χ3v) is 3.27. The predicted molar refractivity (Wildman–Crippen MR) is 67.2 cm³/mol. The first-order valence-electron chi connectivity index (χ1n) is 6.22. The molecule has 0 unspecified atom stereocenters. The molecule has 1 aromatic carbocycles. The molecule has 1 saturated heterocycles. The Morgan fingerprint density at radius 2 is 2.12 bits per heavy atom. The second-order valence-electron chi connectivity index (χ2n) is 4.47. The zero-order chi connectivity index (χ0) is 12.1. The minimum absolute atomic E-state index is 0.140. The van der Waals surface area contributed by atoms with Gasteiger partial charge in [0, 0.05) is 25.2 Å². The van der Waals surface area contributed by atoms with Crippen LogP contribution in [0, 0.1) is 0 Å². The fraction of sp³-hybridized carbons (Fsp3) is 0.500. The lowest BCUT2D eigenvalue weighted by atomic mass is 9.90. The van der Waals surface area contributed by atoms with Crippen molar-refractivity contribution in [3.05, 3.63) is 35.4 Å². The number of hydrogen-bond donors (Lipinski definition) is 1. The fourth-order valence-electron chi connectivity index (χ4n) is 2.27. The van der Waals surface area contributed by atoms with E-state index in [-0.39, 0.29) is 5.78 Å². The van der Waals surface area contributed by atoms with E-state index < -0.39 is 0 Å². The van der Waals surface area contributed by atoms with Crippen LogP contribution in [0.1, 0.15) is 41.1 Å². The second-order valence-corrected chi connectivity index (χ2v) is 4.47. The average Bonchev–Trinajstić information content (AvgIpc) is 2.40. The molecular formula is C14H19NO2. The molecule has 0 spiro atoms. The van der Waals surface area contributed by atoms with E-state index in [2.05, 4.69) is 6.07 Å². The number of ketones is 1. The number of Topliss-reactive ketones (excluding diaryl/α,β-unsaturated/α-hetero) is 1. The number of rotatable bonds is 4. The first kappa shape index (κ1) is 12.3. The normalized spacial score (nSPS) is 17.0. The monoisotopic (exact) mass is 233 g/mol. The standard InChI is InChI=1S/C14H19NO2/c15-7-4-14(16)13-3-1-2-12(10-13)11-5-8-17-9-6-11/h1-3,10-11H,4-9,15H2. The van der Waals surface area contributed by atoms with Crippen LogP contribution in [0.3, 0.4) is 0 Å². The molecule has 17 heavy (non-hydrogen) atoms. The molecule has 0 atom stereocenters. The number of ether oxygens (including phenoxy) is 1. The van der Waals surface area contributed by atoms with Crippen LogP contribution in [0.25, 0.3) is 0 Å². The molecule has 2 rings (SSSR count). The van der Waals surface area contributed by atoms with Crippen LogP contribution in [0.2, 0.25) is 0 Å². The topological polar surface area (TPSA) is 52.3 Å². The van der Waals surface area contributed by atoms with Gasteiger partial charge >= 0.3 is 0 Å². The van der Waals surface area contributed by atoms with Crippen molar-refractivity contribution in [2.24, 2.45) is 5.73 Å². The molecule has 1 aliphatic rings. The maximum absolute atomic E-state index is 11.8. The summed E-state index contributed by atoms with van der Waals surface area (Å²) < 4.78 is 5.35. The maximum Gasteiger partial charge on any atom is 0.164 e. The summed E-state index contributed by atoms with van der Waals surface area (Å²) in [4.78, 5) is 11.8. The molecule has 1 fully saturated rings. The third kappa shape index (κ3) is 3.14. The van der Waals surface area contributed by atoms with Crippen molar-refractivity contribution < 1.29 is 9.53 Å². The van der Waals surface area contributed by atoms with E-state index in [1.54, 1.807) is 0 Å². The maximum atomic E-state index is 11.8. The molecule has 0 aromatic heterocycles. The number of carbonyl (C=O) groups excluding carboxylic acids is 1. The van der Waals surface area contributed by atoms with Gasteiger partial charge in [-0.25, -0.2) is 0 Å². The second kappa shape index (κ2) is 5.94. The van der Waals surface area contributed by atoms with Crippen molar-refractivity contribution in [2.45, 2.75) is 25.2 Å². The van der Waals surface area contributed by atoms with Gasteiger partial charge in [0.05, 0.1) is 0 Å². The Morgan fingerprint density at radius 1 is 1.35 bits per heavy atom. The first-order valence-corrected chi connectivity index (χ1v) is 6.22. The molecule has 1 heterocycles. The van der Waals surface area contributed by atoms with Crippen LogP contribution >= 0.6 is 0 Å². The van der Waals surface area contributed by atoms with Crippen LogP contribution in [0.4, 0.5) is 0 Å². The van der Waals surface area contributed by atoms with Crippen molar-refractivity contribution in [1.29, 1.82) is 0 Å². The Bertz CT molecular complexity index is 384. The molecular weight excluding hydrogens is 214 g/mol. The molecule has 1 aliphatic heterocycles. The summed E-state index contributed by atoms with van der Waals surface area (Å²) in [5.74, 6) is 0.677. The Morgan fingerprint density at radius 3 is 2.82 bits per heavy atom. The molecule has 2 N–H and O–H groups in total. The average molecular weight is 233 g/mol. The van der Waals surface area contributed by atoms with E-state index in [4.69, 9.17) is 10.5 Å². The molecule has 0 amide bonds. The van der Waals surface area contributed by atoms with Gasteiger partial charge in [0.1, 0.15) is 0 Å². The van der Waals surface area contributed by atoms with Gasteiger partial charge in [0.2, 0.25) is 0 Å². The number of nitrogens with two attached hydrogens (primary N) is 1. The lowest BCUT2D eigenvalue weighted by molar-refractivity contribution is 0.0853. The summed E-state index contributed by atoms with van der Waals surface area (Å²) in [6.07, 6.45) is 2.53. The summed E-state index contributed by atoms with van der Waals surface area (Å²) in [6.45, 7) is 2.07. The van der Waals surface area contributed by atoms with E-state index in [0.717, 1.165) is 31.6 Å². The zero-order valence-corrected chi connectivity index (χ0v) is 10.0. The smallest absolute Gasteiger partial charge is 0.164 e. The van der Waals surface area contributed by atoms with Gasteiger partial charge in [0.15, 0.2) is 5.78 Å². The largest absolute Gasteiger partial charge is 0.381 e. The highest BCUT2D eigenvalue weighted by molar-refractivity contribution is 5.96. The lowest BCUT2D eigenvalue weighted by Gasteiger charge is -2.22. The van der Waals surface area contributed by atoms with E-state index in [1.807, 2.05) is 18.2 Å². The van der Waals surface area contributed by atoms with E-state index in [1.165, 1.54) is 5.56 Å². The highest BCUT2D eigenvalue weighted by Crippen LogP contribution is 2.27. The van der Waals surface area contributed by atoms with Crippen molar-refractivity contribution >= 4 is 5.78 Å². The summed E-state index contributed by atoms with van der Waals surface area (Å²) in [6, 6.07) is 7.97. The highest BCUT2D eigenvalue weighted by Gasteiger charge is 2.16. The fourth-order valence-corrected chi connectivity index (χ4v) is 2.27. The van der Waals surface area contributed by atoms with Crippen LogP contribution in [0.15, 0.2) is 24.3 Å². The molecule has 1 aromatic rings. The van der Waals surface area contributed by atoms with E-state index in [0.29, 0.717) is 18.9 Å². The number of carbonyl (C=O) groups is 1. The number of benzene rings is 1. The quantitative estimate of drug-likeness (QED) is 0.810. The molecule has 0 aliphatic carbocycles. The van der Waals surface area contributed by atoms with Crippen LogP contribution < -0.4 is 5.73 Å². The van der Waals surface area contributed by atoms with Gasteiger partial charge in [-0.05, 0) is 36.9 Å². The Balaban J connectivity index is 2.12. The molecule has 3 heteroatoms. The van der Waals surface area contributed by atoms with Crippen LogP contribution in [-0.4, -0.2) is 25.5 Å². The highest BCUT2D eigenvalue weighted by atomic mass is 16.5.